The number of nitrogens with one attached hydrogen (secondary N) is 1. The van der Waals surface area contributed by atoms with E-state index in [-0.39, 0.29) is 0 Å². The summed E-state index contributed by atoms with van der Waals surface area (Å²) < 4.78 is 0. The monoisotopic (exact) mass is 509 g/mol. The van der Waals surface area contributed by atoms with Gasteiger partial charge in [-0.15, -0.1) is 0 Å². The smallest absolute Gasteiger partial charge is 0.150 e. The van der Waals surface area contributed by atoms with Crippen LogP contribution in [0.4, 0.5) is 11.4 Å². The van der Waals surface area contributed by atoms with Crippen molar-refractivity contribution < 1.29 is 5.32 Å². The lowest BCUT2D eigenvalue weighted by molar-refractivity contribution is -0.471. The molecule has 0 amide bonds. The van der Waals surface area contributed by atoms with E-state index in [2.05, 4.69) is 144 Å². The van der Waals surface area contributed by atoms with Gasteiger partial charge in [0.15, 0.2) is 5.69 Å². The van der Waals surface area contributed by atoms with Gasteiger partial charge in [0, 0.05) is 38.7 Å². The van der Waals surface area contributed by atoms with E-state index in [1.807, 2.05) is 0 Å². The summed E-state index contributed by atoms with van der Waals surface area (Å²) in [6.45, 7) is 0. The van der Waals surface area contributed by atoms with Crippen LogP contribution >= 0.6 is 0 Å². The van der Waals surface area contributed by atoms with Crippen LogP contribution in [0, 0.1) is 0 Å². The van der Waals surface area contributed by atoms with Crippen molar-refractivity contribution in [3.05, 3.63) is 133 Å². The van der Waals surface area contributed by atoms with Gasteiger partial charge in [-0.3, -0.25) is 5.32 Å². The van der Waals surface area contributed by atoms with Gasteiger partial charge < -0.3 is 4.98 Å². The SMILES string of the molecule is c1ccc(-c2ccc3c4c(ccc3c2)-c2cc3[nH]c5c6ccc(-c7ccccc7)cc6ccc5c3cc2[NH2+]4)cc1. The molecule has 40 heavy (non-hydrogen) atoms. The Morgan fingerprint density at radius 1 is 0.425 bits per heavy atom. The first kappa shape index (κ1) is 21.7. The highest BCUT2D eigenvalue weighted by molar-refractivity contribution is 6.19. The van der Waals surface area contributed by atoms with Crippen molar-refractivity contribution in [2.75, 3.05) is 0 Å². The Hall–Kier alpha value is -5.18. The number of aromatic nitrogens is 1. The number of aromatic amines is 1. The predicted molar refractivity (Wildman–Crippen MR) is 168 cm³/mol. The largest absolute Gasteiger partial charge is 0.354 e. The molecule has 3 N–H and O–H groups in total. The van der Waals surface area contributed by atoms with E-state index in [1.165, 1.54) is 88.1 Å². The molecule has 0 spiro atoms. The third kappa shape index (κ3) is 3.14. The number of fused-ring (bicyclic) bond motifs is 10. The first-order chi connectivity index (χ1) is 19.8. The summed E-state index contributed by atoms with van der Waals surface area (Å²) in [4.78, 5) is 3.79. The second-order valence-corrected chi connectivity index (χ2v) is 10.9. The molecule has 2 heteroatoms. The molecule has 186 valence electrons. The molecule has 0 bridgehead atoms. The molecule has 0 atom stereocenters. The standard InChI is InChI=1S/C38H24N2/c1-3-7-23(8-4-1)25-11-15-29-27(19-25)13-17-31-33-21-36-34(22-35(33)39-37(29)31)32-18-14-28-20-26(24-9-5-2-6-10-24)12-16-30(28)38(32)40-36/h1-22,39-40H/p+1. The first-order valence-electron chi connectivity index (χ1n) is 13.9. The lowest BCUT2D eigenvalue weighted by Gasteiger charge is -2.06. The number of hydrogen-bond donors (Lipinski definition) is 2. The lowest BCUT2D eigenvalue weighted by atomic mass is 9.97. The molecule has 7 aromatic carbocycles. The van der Waals surface area contributed by atoms with Gasteiger partial charge in [-0.05, 0) is 63.4 Å². The van der Waals surface area contributed by atoms with E-state index in [0.717, 1.165) is 0 Å². The zero-order valence-corrected chi connectivity index (χ0v) is 21.8. The number of nitrogens with two attached hydrogens (primary N) is 1. The number of rotatable bonds is 2. The fourth-order valence-electron chi connectivity index (χ4n) is 6.64. The van der Waals surface area contributed by atoms with Crippen molar-refractivity contribution in [2.45, 2.75) is 0 Å². The van der Waals surface area contributed by atoms with Crippen LogP contribution in [-0.4, -0.2) is 4.98 Å². The molecule has 2 heterocycles. The molecule has 1 aromatic heterocycles. The van der Waals surface area contributed by atoms with Gasteiger partial charge in [-0.2, -0.15) is 0 Å². The third-order valence-electron chi connectivity index (χ3n) is 8.63. The Morgan fingerprint density at radius 2 is 1.05 bits per heavy atom. The predicted octanol–water partition coefficient (Wildman–Crippen LogP) is 9.47. The summed E-state index contributed by atoms with van der Waals surface area (Å²) in [7, 11) is 0. The number of H-pyrrole nitrogens is 1. The summed E-state index contributed by atoms with van der Waals surface area (Å²) in [6, 6.07) is 48.7. The lowest BCUT2D eigenvalue weighted by Crippen LogP contribution is -2.69. The van der Waals surface area contributed by atoms with Gasteiger partial charge in [-0.1, -0.05) is 97.1 Å². The van der Waals surface area contributed by atoms with E-state index < -0.39 is 0 Å². The van der Waals surface area contributed by atoms with E-state index in [0.29, 0.717) is 0 Å². The second-order valence-electron chi connectivity index (χ2n) is 10.9. The number of benzene rings is 7. The fraction of sp³-hybridized carbons (Fsp3) is 0. The maximum absolute atomic E-state index is 3.79. The van der Waals surface area contributed by atoms with Crippen molar-refractivity contribution >= 4 is 54.7 Å². The molecule has 9 rings (SSSR count). The first-order valence-corrected chi connectivity index (χ1v) is 13.9. The van der Waals surface area contributed by atoms with E-state index in [4.69, 9.17) is 0 Å². The van der Waals surface area contributed by atoms with Gasteiger partial charge in [-0.25, -0.2) is 0 Å². The molecule has 0 unspecified atom stereocenters. The molecular formula is C38H25N2+. The van der Waals surface area contributed by atoms with Crippen LogP contribution in [0.15, 0.2) is 133 Å². The summed E-state index contributed by atoms with van der Waals surface area (Å²) in [6.07, 6.45) is 0. The molecule has 0 radical (unpaired) electrons. The Bertz CT molecular complexity index is 2280. The summed E-state index contributed by atoms with van der Waals surface area (Å²) in [5.41, 5.74) is 12.6. The molecule has 0 saturated carbocycles. The Morgan fingerprint density at radius 3 is 1.77 bits per heavy atom. The maximum Gasteiger partial charge on any atom is 0.150 e. The van der Waals surface area contributed by atoms with Crippen LogP contribution in [0.25, 0.3) is 76.7 Å². The zero-order chi connectivity index (χ0) is 26.2. The normalized spacial score (nSPS) is 12.4. The second kappa shape index (κ2) is 8.16. The van der Waals surface area contributed by atoms with Crippen molar-refractivity contribution in [3.8, 4) is 33.4 Å². The van der Waals surface area contributed by atoms with Gasteiger partial charge in [0.2, 0.25) is 0 Å². The Balaban J connectivity index is 1.17. The Kier molecular flexibility index (Phi) is 4.43. The molecule has 8 aromatic rings. The fourth-order valence-corrected chi connectivity index (χ4v) is 6.64. The van der Waals surface area contributed by atoms with E-state index >= 15 is 0 Å². The molecule has 1 aliphatic heterocycles. The summed E-state index contributed by atoms with van der Waals surface area (Å²) in [5, 5.41) is 10.0. The van der Waals surface area contributed by atoms with E-state index in [9.17, 15) is 0 Å². The van der Waals surface area contributed by atoms with Crippen LogP contribution in [0.2, 0.25) is 0 Å². The minimum absolute atomic E-state index is 1.19. The highest BCUT2D eigenvalue weighted by atomic mass is 14.9. The van der Waals surface area contributed by atoms with Crippen LogP contribution in [0.1, 0.15) is 0 Å². The van der Waals surface area contributed by atoms with Crippen LogP contribution in [0.5, 0.6) is 0 Å². The maximum atomic E-state index is 3.79. The minimum Gasteiger partial charge on any atom is -0.354 e. The van der Waals surface area contributed by atoms with Gasteiger partial charge >= 0.3 is 0 Å². The van der Waals surface area contributed by atoms with Crippen molar-refractivity contribution in [1.82, 2.24) is 4.98 Å². The van der Waals surface area contributed by atoms with Crippen LogP contribution < -0.4 is 5.32 Å². The molecule has 2 nitrogen and oxygen atoms in total. The summed E-state index contributed by atoms with van der Waals surface area (Å²) in [5.74, 6) is 0. The van der Waals surface area contributed by atoms with Crippen molar-refractivity contribution in [2.24, 2.45) is 0 Å². The molecule has 1 aliphatic rings. The van der Waals surface area contributed by atoms with Gasteiger partial charge in [0.05, 0.1) is 11.1 Å². The minimum atomic E-state index is 1.19. The molecule has 0 saturated heterocycles. The summed E-state index contributed by atoms with van der Waals surface area (Å²) >= 11 is 0. The van der Waals surface area contributed by atoms with Crippen LogP contribution in [0.3, 0.4) is 0 Å². The quantitative estimate of drug-likeness (QED) is 0.218. The Labute approximate surface area is 231 Å². The average molecular weight is 510 g/mol. The van der Waals surface area contributed by atoms with E-state index in [1.54, 1.807) is 0 Å². The number of hydrogen-bond acceptors (Lipinski definition) is 0. The average Bonchev–Trinajstić information content (AvgIpc) is 3.58. The topological polar surface area (TPSA) is 32.4 Å². The highest BCUT2D eigenvalue weighted by Crippen LogP contribution is 2.44. The van der Waals surface area contributed by atoms with Crippen molar-refractivity contribution in [1.29, 1.82) is 0 Å². The van der Waals surface area contributed by atoms with Crippen LogP contribution in [-0.2, 0) is 0 Å². The highest BCUT2D eigenvalue weighted by Gasteiger charge is 2.27. The molecule has 0 fully saturated rings. The zero-order valence-electron chi connectivity index (χ0n) is 21.8. The third-order valence-corrected chi connectivity index (χ3v) is 8.63. The van der Waals surface area contributed by atoms with Gasteiger partial charge in [0.1, 0.15) is 5.69 Å². The number of quaternary nitrogens is 1. The van der Waals surface area contributed by atoms with Gasteiger partial charge in [0.25, 0.3) is 0 Å². The van der Waals surface area contributed by atoms with Crippen molar-refractivity contribution in [3.63, 3.8) is 0 Å². The molecule has 0 aliphatic carbocycles. The molecular weight excluding hydrogens is 484 g/mol.